The first kappa shape index (κ1) is 15.3. The van der Waals surface area contributed by atoms with Crippen LogP contribution < -0.4 is 10.6 Å². The third kappa shape index (κ3) is 3.33. The van der Waals surface area contributed by atoms with Crippen molar-refractivity contribution in [3.8, 4) is 0 Å². The summed E-state index contributed by atoms with van der Waals surface area (Å²) in [5.41, 5.74) is 3.04. The zero-order valence-electron chi connectivity index (χ0n) is 12.4. The molecule has 1 aromatic rings. The first-order valence-electron chi connectivity index (χ1n) is 7.40. The molecule has 1 aromatic carbocycles. The van der Waals surface area contributed by atoms with Gasteiger partial charge in [0.05, 0.1) is 6.42 Å². The van der Waals surface area contributed by atoms with Crippen molar-refractivity contribution in [3.63, 3.8) is 0 Å². The Kier molecular flexibility index (Phi) is 5.06. The zero-order chi connectivity index (χ0) is 14.7. The van der Waals surface area contributed by atoms with E-state index in [0.29, 0.717) is 12.3 Å². The monoisotopic (exact) mass is 294 g/mol. The highest BCUT2D eigenvalue weighted by Gasteiger charge is 2.23. The maximum absolute atomic E-state index is 11.5. The van der Waals surface area contributed by atoms with Gasteiger partial charge in [0.1, 0.15) is 0 Å². The maximum atomic E-state index is 11.5. The second-order valence-electron chi connectivity index (χ2n) is 5.62. The van der Waals surface area contributed by atoms with Gasteiger partial charge in [-0.25, -0.2) is 0 Å². The smallest absolute Gasteiger partial charge is 0.228 e. The van der Waals surface area contributed by atoms with Gasteiger partial charge >= 0.3 is 0 Å². The number of anilines is 1. The number of benzene rings is 1. The van der Waals surface area contributed by atoms with Crippen LogP contribution in [0.4, 0.5) is 5.69 Å². The minimum Gasteiger partial charge on any atom is -0.325 e. The molecular formula is C16H23ClN2O. The summed E-state index contributed by atoms with van der Waals surface area (Å²) < 4.78 is 0. The lowest BCUT2D eigenvalue weighted by molar-refractivity contribution is -0.115. The van der Waals surface area contributed by atoms with Gasteiger partial charge in [-0.3, -0.25) is 4.79 Å². The number of hydrogen-bond acceptors (Lipinski definition) is 2. The van der Waals surface area contributed by atoms with Crippen LogP contribution in [0.1, 0.15) is 50.8 Å². The molecular weight excluding hydrogens is 272 g/mol. The number of fused-ring (bicyclic) bond motifs is 1. The predicted molar refractivity (Wildman–Crippen MR) is 84.3 cm³/mol. The molecule has 0 fully saturated rings. The van der Waals surface area contributed by atoms with Crippen molar-refractivity contribution < 1.29 is 4.79 Å². The van der Waals surface area contributed by atoms with Crippen molar-refractivity contribution in [2.75, 3.05) is 11.9 Å². The molecule has 3 nitrogen and oxygen atoms in total. The minimum absolute atomic E-state index is 0.0511. The van der Waals surface area contributed by atoms with Gasteiger partial charge in [0.2, 0.25) is 5.91 Å². The molecule has 1 amide bonds. The van der Waals surface area contributed by atoms with Crippen molar-refractivity contribution >= 4 is 23.2 Å². The second kappa shape index (κ2) is 6.59. The topological polar surface area (TPSA) is 41.1 Å². The third-order valence-electron chi connectivity index (χ3n) is 4.01. The van der Waals surface area contributed by atoms with Crippen LogP contribution in [0.15, 0.2) is 12.1 Å². The van der Waals surface area contributed by atoms with E-state index in [0.717, 1.165) is 41.2 Å². The van der Waals surface area contributed by atoms with Crippen molar-refractivity contribution in [3.05, 3.63) is 28.3 Å². The molecule has 0 radical (unpaired) electrons. The van der Waals surface area contributed by atoms with Crippen molar-refractivity contribution in [1.82, 2.24) is 5.32 Å². The van der Waals surface area contributed by atoms with Gasteiger partial charge in [-0.15, -0.1) is 0 Å². The molecule has 0 aromatic heterocycles. The molecule has 0 saturated heterocycles. The van der Waals surface area contributed by atoms with Crippen molar-refractivity contribution in [1.29, 1.82) is 0 Å². The SMILES string of the molecule is CCNC(CC(C)CC)c1cc2c(cc1Cl)NC(=O)C2. The largest absolute Gasteiger partial charge is 0.325 e. The molecule has 4 heteroatoms. The molecule has 110 valence electrons. The van der Waals surface area contributed by atoms with E-state index in [1.54, 1.807) is 0 Å². The Morgan fingerprint density at radius 3 is 2.80 bits per heavy atom. The fourth-order valence-corrected chi connectivity index (χ4v) is 2.97. The van der Waals surface area contributed by atoms with Gasteiger partial charge in [-0.1, -0.05) is 44.9 Å². The van der Waals surface area contributed by atoms with Crippen LogP contribution in [0, 0.1) is 5.92 Å². The highest BCUT2D eigenvalue weighted by atomic mass is 35.5. The summed E-state index contributed by atoms with van der Waals surface area (Å²) >= 11 is 6.42. The number of hydrogen-bond donors (Lipinski definition) is 2. The number of rotatable bonds is 6. The van der Waals surface area contributed by atoms with E-state index in [4.69, 9.17) is 11.6 Å². The van der Waals surface area contributed by atoms with Crippen LogP contribution in [0.5, 0.6) is 0 Å². The third-order valence-corrected chi connectivity index (χ3v) is 4.34. The molecule has 2 rings (SSSR count). The molecule has 2 unspecified atom stereocenters. The standard InChI is InChI=1S/C16H23ClN2O/c1-4-10(3)6-15(18-5-2)12-7-11-8-16(20)19-14(11)9-13(12)17/h7,9-10,15,18H,4-6,8H2,1-3H3,(H,19,20). The first-order chi connectivity index (χ1) is 9.55. The number of nitrogens with one attached hydrogen (secondary N) is 2. The Labute approximate surface area is 126 Å². The van der Waals surface area contributed by atoms with Gasteiger partial charge in [-0.05, 0) is 36.1 Å². The van der Waals surface area contributed by atoms with Gasteiger partial charge in [-0.2, -0.15) is 0 Å². The molecule has 1 aliphatic heterocycles. The zero-order valence-corrected chi connectivity index (χ0v) is 13.2. The number of carbonyl (C=O) groups excluding carboxylic acids is 1. The molecule has 20 heavy (non-hydrogen) atoms. The van der Waals surface area contributed by atoms with Gasteiger partial charge in [0, 0.05) is 16.8 Å². The number of halogens is 1. The summed E-state index contributed by atoms with van der Waals surface area (Å²) in [6.07, 6.45) is 2.68. The summed E-state index contributed by atoms with van der Waals surface area (Å²) in [6.45, 7) is 7.49. The molecule has 1 heterocycles. The average Bonchev–Trinajstić information content (AvgIpc) is 2.76. The minimum atomic E-state index is 0.0511. The lowest BCUT2D eigenvalue weighted by atomic mass is 9.92. The van der Waals surface area contributed by atoms with Crippen LogP contribution >= 0.6 is 11.6 Å². The lowest BCUT2D eigenvalue weighted by Gasteiger charge is -2.23. The van der Waals surface area contributed by atoms with E-state index in [-0.39, 0.29) is 11.9 Å². The summed E-state index contributed by atoms with van der Waals surface area (Å²) in [7, 11) is 0. The Morgan fingerprint density at radius 2 is 2.15 bits per heavy atom. The molecule has 2 N–H and O–H groups in total. The van der Waals surface area contributed by atoms with Crippen molar-refractivity contribution in [2.45, 2.75) is 46.1 Å². The second-order valence-corrected chi connectivity index (χ2v) is 6.02. The van der Waals surface area contributed by atoms with Crippen LogP contribution in [0.25, 0.3) is 0 Å². The molecule has 0 bridgehead atoms. The van der Waals surface area contributed by atoms with E-state index < -0.39 is 0 Å². The number of amides is 1. The van der Waals surface area contributed by atoms with Gasteiger partial charge < -0.3 is 10.6 Å². The van der Waals surface area contributed by atoms with E-state index >= 15 is 0 Å². The molecule has 1 aliphatic rings. The van der Waals surface area contributed by atoms with Crippen LogP contribution in [0.3, 0.4) is 0 Å². The highest BCUT2D eigenvalue weighted by molar-refractivity contribution is 6.32. The first-order valence-corrected chi connectivity index (χ1v) is 7.78. The van der Waals surface area contributed by atoms with Crippen LogP contribution in [-0.2, 0) is 11.2 Å². The number of carbonyl (C=O) groups is 1. The van der Waals surface area contributed by atoms with Crippen LogP contribution in [-0.4, -0.2) is 12.5 Å². The lowest BCUT2D eigenvalue weighted by Crippen LogP contribution is -2.23. The summed E-state index contributed by atoms with van der Waals surface area (Å²) in [5, 5.41) is 7.10. The Balaban J connectivity index is 2.29. The predicted octanol–water partition coefficient (Wildman–Crippen LogP) is 3.92. The van der Waals surface area contributed by atoms with Crippen LogP contribution in [0.2, 0.25) is 5.02 Å². The fourth-order valence-electron chi connectivity index (χ4n) is 2.67. The Bertz CT molecular complexity index is 501. The summed E-state index contributed by atoms with van der Waals surface area (Å²) in [6, 6.07) is 4.23. The quantitative estimate of drug-likeness (QED) is 0.835. The van der Waals surface area contributed by atoms with E-state index in [1.165, 1.54) is 0 Å². The summed E-state index contributed by atoms with van der Waals surface area (Å²) in [4.78, 5) is 11.5. The normalized spacial score (nSPS) is 16.7. The summed E-state index contributed by atoms with van der Waals surface area (Å²) in [5.74, 6) is 0.693. The van der Waals surface area contributed by atoms with Crippen molar-refractivity contribution in [2.24, 2.45) is 5.92 Å². The molecule has 0 aliphatic carbocycles. The average molecular weight is 295 g/mol. The Morgan fingerprint density at radius 1 is 1.40 bits per heavy atom. The van der Waals surface area contributed by atoms with Gasteiger partial charge in [0.15, 0.2) is 0 Å². The van der Waals surface area contributed by atoms with E-state index in [1.807, 2.05) is 6.07 Å². The van der Waals surface area contributed by atoms with E-state index in [9.17, 15) is 4.79 Å². The molecule has 0 spiro atoms. The maximum Gasteiger partial charge on any atom is 0.228 e. The molecule has 2 atom stereocenters. The fraction of sp³-hybridized carbons (Fsp3) is 0.562. The Hall–Kier alpha value is -1.06. The highest BCUT2D eigenvalue weighted by Crippen LogP contribution is 2.35. The molecule has 0 saturated carbocycles. The van der Waals surface area contributed by atoms with Gasteiger partial charge in [0.25, 0.3) is 0 Å². The van der Waals surface area contributed by atoms with E-state index in [2.05, 4.69) is 37.5 Å².